The fraction of sp³-hybridized carbons (Fsp3) is 0.0870. The Balaban J connectivity index is 1.85. The standard InChI is InChI=1S/C23H19N3O3/c1-15-7-5-10-17(13-15)25-22(28)19-20(27)18-11-6-12-24-21(18)26(23(19)29)14-16-8-3-2-4-9-16/h2-13,27H,14H2,1H3,(H,25,28). The summed E-state index contributed by atoms with van der Waals surface area (Å²) >= 11 is 0. The van der Waals surface area contributed by atoms with Crippen LogP contribution >= 0.6 is 0 Å². The lowest BCUT2D eigenvalue weighted by Crippen LogP contribution is -2.30. The van der Waals surface area contributed by atoms with E-state index < -0.39 is 11.5 Å². The Bertz CT molecular complexity index is 1260. The summed E-state index contributed by atoms with van der Waals surface area (Å²) in [7, 11) is 0. The van der Waals surface area contributed by atoms with Crippen molar-refractivity contribution in [2.45, 2.75) is 13.5 Å². The topological polar surface area (TPSA) is 84.2 Å². The molecule has 0 fully saturated rings. The number of fused-ring (bicyclic) bond motifs is 1. The van der Waals surface area contributed by atoms with Crippen LogP contribution in [0, 0.1) is 6.92 Å². The van der Waals surface area contributed by atoms with Gasteiger partial charge < -0.3 is 10.4 Å². The molecule has 0 spiro atoms. The molecule has 0 saturated carbocycles. The maximum absolute atomic E-state index is 13.2. The number of carbonyl (C=O) groups excluding carboxylic acids is 1. The van der Waals surface area contributed by atoms with Crippen LogP contribution in [0.1, 0.15) is 21.5 Å². The second-order valence-corrected chi connectivity index (χ2v) is 6.80. The van der Waals surface area contributed by atoms with E-state index in [1.165, 1.54) is 4.57 Å². The van der Waals surface area contributed by atoms with Crippen LogP contribution in [-0.2, 0) is 6.54 Å². The summed E-state index contributed by atoms with van der Waals surface area (Å²) in [6.45, 7) is 2.14. The van der Waals surface area contributed by atoms with Crippen molar-refractivity contribution in [2.24, 2.45) is 0 Å². The first kappa shape index (κ1) is 18.4. The van der Waals surface area contributed by atoms with Gasteiger partial charge in [0.25, 0.3) is 11.5 Å². The number of nitrogens with one attached hydrogen (secondary N) is 1. The van der Waals surface area contributed by atoms with E-state index in [0.717, 1.165) is 11.1 Å². The highest BCUT2D eigenvalue weighted by atomic mass is 16.3. The Hall–Kier alpha value is -3.93. The number of rotatable bonds is 4. The van der Waals surface area contributed by atoms with E-state index in [1.807, 2.05) is 49.4 Å². The number of anilines is 1. The van der Waals surface area contributed by atoms with Gasteiger partial charge in [-0.15, -0.1) is 0 Å². The summed E-state index contributed by atoms with van der Waals surface area (Å²) in [6, 6.07) is 20.0. The molecule has 0 aliphatic heterocycles. The van der Waals surface area contributed by atoms with Gasteiger partial charge in [0, 0.05) is 11.9 Å². The van der Waals surface area contributed by atoms with E-state index in [9.17, 15) is 14.7 Å². The summed E-state index contributed by atoms with van der Waals surface area (Å²) in [5, 5.41) is 13.8. The SMILES string of the molecule is Cc1cccc(NC(=O)c2c(O)c3cccnc3n(Cc3ccccc3)c2=O)c1. The Morgan fingerprint density at radius 3 is 2.62 bits per heavy atom. The van der Waals surface area contributed by atoms with Crippen molar-refractivity contribution in [1.82, 2.24) is 9.55 Å². The van der Waals surface area contributed by atoms with Gasteiger partial charge in [0.2, 0.25) is 0 Å². The zero-order chi connectivity index (χ0) is 20.4. The van der Waals surface area contributed by atoms with Gasteiger partial charge in [-0.25, -0.2) is 4.98 Å². The monoisotopic (exact) mass is 385 g/mol. The number of hydrogen-bond acceptors (Lipinski definition) is 4. The van der Waals surface area contributed by atoms with Crippen LogP contribution in [0.4, 0.5) is 5.69 Å². The van der Waals surface area contributed by atoms with Crippen LogP contribution < -0.4 is 10.9 Å². The molecule has 0 bridgehead atoms. The number of hydrogen-bond donors (Lipinski definition) is 2. The minimum atomic E-state index is -0.661. The van der Waals surface area contributed by atoms with E-state index in [-0.39, 0.29) is 17.9 Å². The third-order valence-corrected chi connectivity index (χ3v) is 4.68. The van der Waals surface area contributed by atoms with Crippen molar-refractivity contribution >= 4 is 22.6 Å². The summed E-state index contributed by atoms with van der Waals surface area (Å²) in [6.07, 6.45) is 1.55. The molecule has 0 saturated heterocycles. The van der Waals surface area contributed by atoms with Crippen LogP contribution in [0.5, 0.6) is 5.75 Å². The van der Waals surface area contributed by atoms with E-state index in [2.05, 4.69) is 10.3 Å². The molecular formula is C23H19N3O3. The third kappa shape index (κ3) is 3.60. The van der Waals surface area contributed by atoms with Crippen molar-refractivity contribution in [2.75, 3.05) is 5.32 Å². The lowest BCUT2D eigenvalue weighted by molar-refractivity contribution is 0.102. The molecule has 1 amide bonds. The van der Waals surface area contributed by atoms with Crippen molar-refractivity contribution in [3.05, 3.63) is 100.0 Å². The number of aromatic nitrogens is 2. The Labute approximate surface area is 167 Å². The predicted octanol–water partition coefficient (Wildman–Crippen LogP) is 3.71. The molecule has 2 aromatic heterocycles. The highest BCUT2D eigenvalue weighted by molar-refractivity contribution is 6.08. The molecule has 0 radical (unpaired) electrons. The predicted molar refractivity (Wildman–Crippen MR) is 112 cm³/mol. The third-order valence-electron chi connectivity index (χ3n) is 4.68. The largest absolute Gasteiger partial charge is 0.506 e. The number of amides is 1. The van der Waals surface area contributed by atoms with Crippen molar-refractivity contribution < 1.29 is 9.90 Å². The molecule has 6 nitrogen and oxygen atoms in total. The molecule has 0 unspecified atom stereocenters. The number of nitrogens with zero attached hydrogens (tertiary/aromatic N) is 2. The van der Waals surface area contributed by atoms with E-state index >= 15 is 0 Å². The molecule has 2 aromatic carbocycles. The molecular weight excluding hydrogens is 366 g/mol. The molecule has 0 atom stereocenters. The molecule has 4 rings (SSSR count). The van der Waals surface area contributed by atoms with E-state index in [1.54, 1.807) is 30.5 Å². The summed E-state index contributed by atoms with van der Waals surface area (Å²) in [5.41, 5.74) is 1.83. The van der Waals surface area contributed by atoms with Crippen molar-refractivity contribution in [3.63, 3.8) is 0 Å². The van der Waals surface area contributed by atoms with Gasteiger partial charge in [-0.05, 0) is 42.3 Å². The second-order valence-electron chi connectivity index (χ2n) is 6.80. The quantitative estimate of drug-likeness (QED) is 0.561. The maximum Gasteiger partial charge on any atom is 0.269 e. The average molecular weight is 385 g/mol. The van der Waals surface area contributed by atoms with Crippen LogP contribution in [0.15, 0.2) is 77.7 Å². The number of pyridine rings is 2. The van der Waals surface area contributed by atoms with Gasteiger partial charge in [-0.1, -0.05) is 42.5 Å². The Kier molecular flexibility index (Phi) is 4.83. The molecule has 144 valence electrons. The maximum atomic E-state index is 13.2. The smallest absolute Gasteiger partial charge is 0.269 e. The first-order chi connectivity index (χ1) is 14.0. The van der Waals surface area contributed by atoms with Gasteiger partial charge in [0.15, 0.2) is 0 Å². The number of aryl methyl sites for hydroxylation is 1. The van der Waals surface area contributed by atoms with Gasteiger partial charge in [-0.2, -0.15) is 0 Å². The lowest BCUT2D eigenvalue weighted by atomic mass is 10.1. The molecule has 2 N–H and O–H groups in total. The minimum Gasteiger partial charge on any atom is -0.506 e. The number of carbonyl (C=O) groups is 1. The highest BCUT2D eigenvalue weighted by Gasteiger charge is 2.23. The summed E-state index contributed by atoms with van der Waals surface area (Å²) < 4.78 is 1.41. The van der Waals surface area contributed by atoms with Gasteiger partial charge in [0.05, 0.1) is 11.9 Å². The molecule has 2 heterocycles. The second kappa shape index (κ2) is 7.59. The zero-order valence-electron chi connectivity index (χ0n) is 15.8. The van der Waals surface area contributed by atoms with Crippen LogP contribution in [0.25, 0.3) is 11.0 Å². The lowest BCUT2D eigenvalue weighted by Gasteiger charge is -2.14. The van der Waals surface area contributed by atoms with Crippen LogP contribution in [0.3, 0.4) is 0 Å². The highest BCUT2D eigenvalue weighted by Crippen LogP contribution is 2.26. The number of benzene rings is 2. The van der Waals surface area contributed by atoms with E-state index in [0.29, 0.717) is 16.7 Å². The Morgan fingerprint density at radius 2 is 1.86 bits per heavy atom. The fourth-order valence-electron chi connectivity index (χ4n) is 3.30. The molecule has 0 aliphatic rings. The number of aromatic hydroxyl groups is 1. The van der Waals surface area contributed by atoms with Crippen molar-refractivity contribution in [3.8, 4) is 5.75 Å². The van der Waals surface area contributed by atoms with E-state index in [4.69, 9.17) is 0 Å². The van der Waals surface area contributed by atoms with Gasteiger partial charge in [-0.3, -0.25) is 14.2 Å². The first-order valence-corrected chi connectivity index (χ1v) is 9.17. The summed E-state index contributed by atoms with van der Waals surface area (Å²) in [4.78, 5) is 30.4. The average Bonchev–Trinajstić information content (AvgIpc) is 2.72. The van der Waals surface area contributed by atoms with Crippen LogP contribution in [-0.4, -0.2) is 20.6 Å². The first-order valence-electron chi connectivity index (χ1n) is 9.17. The molecule has 0 aliphatic carbocycles. The normalized spacial score (nSPS) is 10.8. The fourth-order valence-corrected chi connectivity index (χ4v) is 3.30. The summed E-state index contributed by atoms with van der Waals surface area (Å²) in [5.74, 6) is -1.03. The molecule has 6 heteroatoms. The van der Waals surface area contributed by atoms with Crippen molar-refractivity contribution in [1.29, 1.82) is 0 Å². The molecule has 29 heavy (non-hydrogen) atoms. The Morgan fingerprint density at radius 1 is 1.07 bits per heavy atom. The molecule has 4 aromatic rings. The van der Waals surface area contributed by atoms with Gasteiger partial charge in [0.1, 0.15) is 17.0 Å². The zero-order valence-corrected chi connectivity index (χ0v) is 15.8. The minimum absolute atomic E-state index is 0.234. The van der Waals surface area contributed by atoms with Crippen LogP contribution in [0.2, 0.25) is 0 Å². The van der Waals surface area contributed by atoms with Gasteiger partial charge >= 0.3 is 0 Å².